The fraction of sp³-hybridized carbons (Fsp3) is 0.345. The van der Waals surface area contributed by atoms with Gasteiger partial charge in [0.1, 0.15) is 6.26 Å². The number of nitrogens with one attached hydrogen (secondary N) is 1. The zero-order chi connectivity index (χ0) is 26.5. The van der Waals surface area contributed by atoms with Crippen LogP contribution < -0.4 is 0 Å². The first-order valence-corrected chi connectivity index (χ1v) is 13.9. The van der Waals surface area contributed by atoms with E-state index in [1.54, 1.807) is 4.68 Å². The predicted molar refractivity (Wildman–Crippen MR) is 152 cm³/mol. The number of aromatic nitrogens is 3. The average molecular weight is 576 g/mol. The zero-order valence-electron chi connectivity index (χ0n) is 21.4. The Morgan fingerprint density at radius 1 is 1.18 bits per heavy atom. The Morgan fingerprint density at radius 3 is 2.68 bits per heavy atom. The van der Waals surface area contributed by atoms with Crippen LogP contribution in [0.3, 0.4) is 0 Å². The number of benzene rings is 1. The fourth-order valence-electron chi connectivity index (χ4n) is 5.29. The second-order valence-electron chi connectivity index (χ2n) is 9.59. The normalized spacial score (nSPS) is 17.6. The van der Waals surface area contributed by atoms with Crippen LogP contribution in [-0.2, 0) is 6.42 Å². The Labute approximate surface area is 230 Å². The number of halogens is 1. The molecule has 0 bridgehead atoms. The standard InChI is InChI=1S/C29H31BrN6O2/c1-2-25(21-7-4-3-5-8-21)32-14-11-22-17-33-36-26(22)10-6-9-24(27(30)28(36)31)20-12-15-35(16-13-20)29(37)23-18-34-38-19-23/h3-5,7-8,11,14,17-20,31H,2,6,9-10,12-13,15-16H2,1H3/b14-11+,27-24?,31-28?,32-25?. The monoisotopic (exact) mass is 574 g/mol. The fourth-order valence-corrected chi connectivity index (χ4v) is 5.98. The summed E-state index contributed by atoms with van der Waals surface area (Å²) in [6.07, 6.45) is 13.8. The van der Waals surface area contributed by atoms with Gasteiger partial charge in [-0.2, -0.15) is 5.10 Å². The average Bonchev–Trinajstić information content (AvgIpc) is 3.63. The van der Waals surface area contributed by atoms with Crippen molar-refractivity contribution < 1.29 is 9.32 Å². The van der Waals surface area contributed by atoms with Gasteiger partial charge in [0.2, 0.25) is 0 Å². The molecule has 1 N–H and O–H groups in total. The van der Waals surface area contributed by atoms with E-state index in [-0.39, 0.29) is 5.91 Å². The molecule has 0 saturated carbocycles. The minimum Gasteiger partial charge on any atom is -0.364 e. The lowest BCUT2D eigenvalue weighted by Crippen LogP contribution is -2.39. The molecule has 8 nitrogen and oxygen atoms in total. The van der Waals surface area contributed by atoms with Gasteiger partial charge in [-0.1, -0.05) is 42.4 Å². The largest absolute Gasteiger partial charge is 0.364 e. The van der Waals surface area contributed by atoms with Crippen molar-refractivity contribution in [3.8, 4) is 0 Å². The van der Waals surface area contributed by atoms with E-state index in [1.165, 1.54) is 18.0 Å². The maximum Gasteiger partial charge on any atom is 0.258 e. The van der Waals surface area contributed by atoms with E-state index < -0.39 is 0 Å². The number of hydrogen-bond acceptors (Lipinski definition) is 6. The van der Waals surface area contributed by atoms with Crippen molar-refractivity contribution in [1.82, 2.24) is 19.8 Å². The molecule has 3 aromatic rings. The van der Waals surface area contributed by atoms with Gasteiger partial charge in [-0.05, 0) is 77.6 Å². The van der Waals surface area contributed by atoms with E-state index in [0.29, 0.717) is 30.4 Å². The summed E-state index contributed by atoms with van der Waals surface area (Å²) >= 11 is 3.76. The molecule has 5 rings (SSSR count). The molecule has 1 saturated heterocycles. The summed E-state index contributed by atoms with van der Waals surface area (Å²) in [5.41, 5.74) is 5.93. The molecule has 1 fully saturated rings. The molecule has 1 amide bonds. The minimum absolute atomic E-state index is 0.0379. The number of carbonyl (C=O) groups is 1. The summed E-state index contributed by atoms with van der Waals surface area (Å²) < 4.78 is 7.39. The number of hydrogen-bond donors (Lipinski definition) is 1. The van der Waals surface area contributed by atoms with Gasteiger partial charge in [0, 0.05) is 30.6 Å². The van der Waals surface area contributed by atoms with E-state index in [0.717, 1.165) is 65.5 Å². The van der Waals surface area contributed by atoms with Crippen molar-refractivity contribution in [3.05, 3.63) is 87.6 Å². The zero-order valence-corrected chi connectivity index (χ0v) is 23.0. The number of carbonyl (C=O) groups excluding carboxylic acids is 1. The van der Waals surface area contributed by atoms with Crippen molar-refractivity contribution in [2.24, 2.45) is 10.9 Å². The molecule has 38 heavy (non-hydrogen) atoms. The third kappa shape index (κ3) is 5.48. The maximum atomic E-state index is 12.6. The maximum absolute atomic E-state index is 12.6. The first kappa shape index (κ1) is 26.0. The van der Waals surface area contributed by atoms with Crippen LogP contribution in [0.1, 0.15) is 66.2 Å². The van der Waals surface area contributed by atoms with Gasteiger partial charge >= 0.3 is 0 Å². The molecule has 2 aliphatic rings. The first-order valence-electron chi connectivity index (χ1n) is 13.1. The van der Waals surface area contributed by atoms with Gasteiger partial charge in [0.15, 0.2) is 5.84 Å². The van der Waals surface area contributed by atoms with E-state index in [9.17, 15) is 4.79 Å². The molecular formula is C29H31BrN6O2. The summed E-state index contributed by atoms with van der Waals surface area (Å²) in [6.45, 7) is 3.46. The number of allylic oxidation sites excluding steroid dienone is 2. The number of rotatable bonds is 6. The molecule has 9 heteroatoms. The van der Waals surface area contributed by atoms with Crippen LogP contribution >= 0.6 is 15.9 Å². The Morgan fingerprint density at radius 2 is 1.97 bits per heavy atom. The minimum atomic E-state index is -0.0379. The van der Waals surface area contributed by atoms with Crippen molar-refractivity contribution in [2.75, 3.05) is 13.1 Å². The molecule has 1 aromatic carbocycles. The number of piperidine rings is 1. The Kier molecular flexibility index (Phi) is 8.12. The van der Waals surface area contributed by atoms with Crippen molar-refractivity contribution in [3.63, 3.8) is 0 Å². The van der Waals surface area contributed by atoms with Crippen LogP contribution in [0.2, 0.25) is 0 Å². The predicted octanol–water partition coefficient (Wildman–Crippen LogP) is 6.10. The third-order valence-corrected chi connectivity index (χ3v) is 8.23. The van der Waals surface area contributed by atoms with Gasteiger partial charge < -0.3 is 9.42 Å². The van der Waals surface area contributed by atoms with Crippen LogP contribution in [0, 0.1) is 11.3 Å². The summed E-state index contributed by atoms with van der Waals surface area (Å²) in [5, 5.41) is 17.1. The highest BCUT2D eigenvalue weighted by atomic mass is 79.9. The lowest BCUT2D eigenvalue weighted by atomic mass is 9.85. The van der Waals surface area contributed by atoms with Crippen LogP contribution in [-0.4, -0.2) is 50.4 Å². The molecule has 0 unspecified atom stereocenters. The van der Waals surface area contributed by atoms with Crippen LogP contribution in [0.15, 0.2) is 74.8 Å². The SMILES string of the molecule is CCC(=N/C=C/c1cnn2c1CCCC(C1CCN(C(=O)c3cnoc3)CC1)=C(Br)C2=N)c1ccccc1. The molecule has 0 aliphatic carbocycles. The number of aliphatic imine (C=N–C) groups is 1. The summed E-state index contributed by atoms with van der Waals surface area (Å²) in [4.78, 5) is 19.2. The van der Waals surface area contributed by atoms with Gasteiger partial charge in [0.05, 0.1) is 28.1 Å². The van der Waals surface area contributed by atoms with E-state index >= 15 is 0 Å². The molecule has 2 aliphatic heterocycles. The quantitative estimate of drug-likeness (QED) is 0.359. The van der Waals surface area contributed by atoms with Gasteiger partial charge in [0.25, 0.3) is 5.91 Å². The first-order chi connectivity index (χ1) is 18.6. The van der Waals surface area contributed by atoms with Crippen LogP contribution in [0.5, 0.6) is 0 Å². The third-order valence-electron chi connectivity index (χ3n) is 7.34. The van der Waals surface area contributed by atoms with Crippen molar-refractivity contribution in [2.45, 2.75) is 45.4 Å². The van der Waals surface area contributed by atoms with Crippen molar-refractivity contribution >= 4 is 39.5 Å². The molecule has 196 valence electrons. The Bertz CT molecular complexity index is 1380. The van der Waals surface area contributed by atoms with E-state index in [1.807, 2.05) is 41.6 Å². The van der Waals surface area contributed by atoms with Crippen molar-refractivity contribution in [1.29, 1.82) is 5.41 Å². The highest BCUT2D eigenvalue weighted by Gasteiger charge is 2.30. The molecule has 2 aromatic heterocycles. The van der Waals surface area contributed by atoms with Gasteiger partial charge in [-0.15, -0.1) is 0 Å². The number of fused-ring (bicyclic) bond motifs is 1. The number of amides is 1. The number of likely N-dealkylation sites (tertiary alicyclic amines) is 1. The lowest BCUT2D eigenvalue weighted by molar-refractivity contribution is 0.0700. The molecule has 0 radical (unpaired) electrons. The number of nitrogens with zero attached hydrogens (tertiary/aromatic N) is 5. The highest BCUT2D eigenvalue weighted by molar-refractivity contribution is 9.12. The van der Waals surface area contributed by atoms with Gasteiger partial charge in [-0.3, -0.25) is 15.2 Å². The van der Waals surface area contributed by atoms with Crippen LogP contribution in [0.25, 0.3) is 6.08 Å². The smallest absolute Gasteiger partial charge is 0.258 e. The van der Waals surface area contributed by atoms with E-state index in [2.05, 4.69) is 45.2 Å². The van der Waals surface area contributed by atoms with Crippen LogP contribution in [0.4, 0.5) is 0 Å². The molecule has 4 heterocycles. The Balaban J connectivity index is 1.30. The summed E-state index contributed by atoms with van der Waals surface area (Å²) in [6, 6.07) is 10.2. The van der Waals surface area contributed by atoms with E-state index in [4.69, 9.17) is 14.9 Å². The second-order valence-corrected chi connectivity index (χ2v) is 10.4. The topological polar surface area (TPSA) is 100 Å². The van der Waals surface area contributed by atoms with Gasteiger partial charge in [-0.25, -0.2) is 4.68 Å². The molecular weight excluding hydrogens is 544 g/mol. The lowest BCUT2D eigenvalue weighted by Gasteiger charge is -2.34. The summed E-state index contributed by atoms with van der Waals surface area (Å²) in [5.74, 6) is 0.649. The summed E-state index contributed by atoms with van der Waals surface area (Å²) in [7, 11) is 0. The molecule has 0 atom stereocenters. The Hall–Kier alpha value is -3.59. The highest BCUT2D eigenvalue weighted by Crippen LogP contribution is 2.35. The molecule has 0 spiro atoms. The second kappa shape index (κ2) is 11.9.